The van der Waals surface area contributed by atoms with Crippen molar-refractivity contribution < 1.29 is 4.74 Å². The number of hydrogen-bond acceptors (Lipinski definition) is 3. The van der Waals surface area contributed by atoms with Gasteiger partial charge in [-0.05, 0) is 70.6 Å². The normalized spacial score (nSPS) is 31.6. The maximum Gasteiger partial charge on any atom is 0.0698 e. The highest BCUT2D eigenvalue weighted by atomic mass is 16.5. The first-order valence-electron chi connectivity index (χ1n) is 7.34. The molecule has 0 spiro atoms. The van der Waals surface area contributed by atoms with Crippen LogP contribution in [0.5, 0.6) is 0 Å². The number of nitrogens with one attached hydrogen (secondary N) is 1. The van der Waals surface area contributed by atoms with Crippen molar-refractivity contribution in [1.82, 2.24) is 10.2 Å². The molecule has 17 heavy (non-hydrogen) atoms. The van der Waals surface area contributed by atoms with Gasteiger partial charge in [0, 0.05) is 13.7 Å². The second-order valence-corrected chi connectivity index (χ2v) is 5.66. The van der Waals surface area contributed by atoms with Crippen LogP contribution < -0.4 is 5.32 Å². The van der Waals surface area contributed by atoms with E-state index in [9.17, 15) is 0 Å². The van der Waals surface area contributed by atoms with E-state index < -0.39 is 0 Å². The molecule has 100 valence electrons. The molecule has 2 atom stereocenters. The maximum atomic E-state index is 5.47. The van der Waals surface area contributed by atoms with E-state index in [0.717, 1.165) is 12.5 Å². The number of rotatable bonds is 5. The average Bonchev–Trinajstić information content (AvgIpc) is 2.40. The number of nitrogens with zero attached hydrogens (tertiary/aromatic N) is 1. The smallest absolute Gasteiger partial charge is 0.0698 e. The Morgan fingerprint density at radius 1 is 1.29 bits per heavy atom. The van der Waals surface area contributed by atoms with Gasteiger partial charge in [-0.2, -0.15) is 0 Å². The molecule has 0 aliphatic carbocycles. The second kappa shape index (κ2) is 7.34. The number of ether oxygens (including phenoxy) is 1. The van der Waals surface area contributed by atoms with Crippen LogP contribution in [0.25, 0.3) is 0 Å². The van der Waals surface area contributed by atoms with E-state index in [-0.39, 0.29) is 0 Å². The lowest BCUT2D eigenvalue weighted by Crippen LogP contribution is -2.40. The molecule has 0 radical (unpaired) electrons. The molecule has 0 saturated carbocycles. The summed E-state index contributed by atoms with van der Waals surface area (Å²) in [5, 5.41) is 3.51. The van der Waals surface area contributed by atoms with Crippen LogP contribution in [0.15, 0.2) is 0 Å². The fourth-order valence-corrected chi connectivity index (χ4v) is 3.18. The molecular weight excluding hydrogens is 212 g/mol. The van der Waals surface area contributed by atoms with Gasteiger partial charge in [0.15, 0.2) is 0 Å². The van der Waals surface area contributed by atoms with Crippen LogP contribution in [0.3, 0.4) is 0 Å². The standard InChI is InChI=1S/C14H28N2O/c1-17-14-7-4-10-16(12-14)9-3-6-13-5-2-8-15-11-13/h13-15H,2-12H2,1H3. The van der Waals surface area contributed by atoms with Gasteiger partial charge in [-0.1, -0.05) is 0 Å². The molecule has 2 heterocycles. The third-order valence-corrected chi connectivity index (χ3v) is 4.28. The molecule has 0 aromatic rings. The molecule has 0 aromatic heterocycles. The lowest BCUT2D eigenvalue weighted by atomic mass is 9.94. The molecular formula is C14H28N2O. The second-order valence-electron chi connectivity index (χ2n) is 5.66. The summed E-state index contributed by atoms with van der Waals surface area (Å²) in [6.07, 6.45) is 8.63. The van der Waals surface area contributed by atoms with E-state index in [4.69, 9.17) is 4.74 Å². The Labute approximate surface area is 106 Å². The van der Waals surface area contributed by atoms with E-state index in [1.807, 2.05) is 7.11 Å². The number of methoxy groups -OCH3 is 1. The van der Waals surface area contributed by atoms with Crippen molar-refractivity contribution in [3.63, 3.8) is 0 Å². The highest BCUT2D eigenvalue weighted by Gasteiger charge is 2.19. The molecule has 1 N–H and O–H groups in total. The summed E-state index contributed by atoms with van der Waals surface area (Å²) in [6.45, 7) is 6.19. The Morgan fingerprint density at radius 2 is 2.24 bits per heavy atom. The predicted octanol–water partition coefficient (Wildman–Crippen LogP) is 1.88. The Balaban J connectivity index is 1.57. The molecule has 3 heteroatoms. The van der Waals surface area contributed by atoms with Gasteiger partial charge in [-0.25, -0.2) is 0 Å². The molecule has 2 aliphatic heterocycles. The third-order valence-electron chi connectivity index (χ3n) is 4.28. The van der Waals surface area contributed by atoms with Gasteiger partial charge in [0.1, 0.15) is 0 Å². The van der Waals surface area contributed by atoms with Crippen molar-refractivity contribution in [2.45, 2.75) is 44.6 Å². The predicted molar refractivity (Wildman–Crippen MR) is 71.3 cm³/mol. The van der Waals surface area contributed by atoms with Gasteiger partial charge in [0.2, 0.25) is 0 Å². The topological polar surface area (TPSA) is 24.5 Å². The zero-order chi connectivity index (χ0) is 11.9. The van der Waals surface area contributed by atoms with Crippen LogP contribution in [0.1, 0.15) is 38.5 Å². The summed E-state index contributed by atoms with van der Waals surface area (Å²) >= 11 is 0. The molecule has 2 saturated heterocycles. The van der Waals surface area contributed by atoms with Crippen LogP contribution in [0.2, 0.25) is 0 Å². The molecule has 0 aromatic carbocycles. The summed E-state index contributed by atoms with van der Waals surface area (Å²) in [5.41, 5.74) is 0. The molecule has 2 rings (SSSR count). The van der Waals surface area contributed by atoms with Gasteiger partial charge >= 0.3 is 0 Å². The minimum atomic E-state index is 0.486. The molecule has 2 fully saturated rings. The highest BCUT2D eigenvalue weighted by molar-refractivity contribution is 4.74. The SMILES string of the molecule is COC1CCCN(CCCC2CCCNC2)C1. The fraction of sp³-hybridized carbons (Fsp3) is 1.00. The Hall–Kier alpha value is -0.120. The number of piperidine rings is 2. The maximum absolute atomic E-state index is 5.47. The van der Waals surface area contributed by atoms with Crippen LogP contribution in [0, 0.1) is 5.92 Å². The average molecular weight is 240 g/mol. The fourth-order valence-electron chi connectivity index (χ4n) is 3.18. The summed E-state index contributed by atoms with van der Waals surface area (Å²) in [5.74, 6) is 0.937. The van der Waals surface area contributed by atoms with Crippen molar-refractivity contribution in [2.24, 2.45) is 5.92 Å². The van der Waals surface area contributed by atoms with E-state index in [1.54, 1.807) is 0 Å². The zero-order valence-electron chi connectivity index (χ0n) is 11.3. The molecule has 0 amide bonds. The van der Waals surface area contributed by atoms with E-state index in [0.29, 0.717) is 6.10 Å². The van der Waals surface area contributed by atoms with Crippen molar-refractivity contribution in [3.05, 3.63) is 0 Å². The van der Waals surface area contributed by atoms with Crippen LogP contribution in [0.4, 0.5) is 0 Å². The van der Waals surface area contributed by atoms with Gasteiger partial charge in [0.25, 0.3) is 0 Å². The summed E-state index contributed by atoms with van der Waals surface area (Å²) < 4.78 is 5.47. The lowest BCUT2D eigenvalue weighted by molar-refractivity contribution is 0.0304. The number of hydrogen-bond donors (Lipinski definition) is 1. The lowest BCUT2D eigenvalue weighted by Gasteiger charge is -2.32. The summed E-state index contributed by atoms with van der Waals surface area (Å²) in [4.78, 5) is 2.59. The highest BCUT2D eigenvalue weighted by Crippen LogP contribution is 2.18. The van der Waals surface area contributed by atoms with Crippen molar-refractivity contribution in [2.75, 3.05) is 39.8 Å². The van der Waals surface area contributed by atoms with E-state index in [2.05, 4.69) is 10.2 Å². The summed E-state index contributed by atoms with van der Waals surface area (Å²) in [6, 6.07) is 0. The van der Waals surface area contributed by atoms with E-state index >= 15 is 0 Å². The first-order chi connectivity index (χ1) is 8.38. The van der Waals surface area contributed by atoms with E-state index in [1.165, 1.54) is 64.7 Å². The quantitative estimate of drug-likeness (QED) is 0.794. The molecule has 2 aliphatic rings. The van der Waals surface area contributed by atoms with Gasteiger partial charge in [-0.15, -0.1) is 0 Å². The summed E-state index contributed by atoms with van der Waals surface area (Å²) in [7, 11) is 1.85. The van der Waals surface area contributed by atoms with Gasteiger partial charge in [-0.3, -0.25) is 0 Å². The monoisotopic (exact) mass is 240 g/mol. The largest absolute Gasteiger partial charge is 0.380 e. The molecule has 0 bridgehead atoms. The first kappa shape index (κ1) is 13.3. The molecule has 3 nitrogen and oxygen atoms in total. The van der Waals surface area contributed by atoms with Gasteiger partial charge < -0.3 is 15.0 Å². The minimum absolute atomic E-state index is 0.486. The van der Waals surface area contributed by atoms with Crippen molar-refractivity contribution >= 4 is 0 Å². The first-order valence-corrected chi connectivity index (χ1v) is 7.34. The Morgan fingerprint density at radius 3 is 3.00 bits per heavy atom. The van der Waals surface area contributed by atoms with Crippen LogP contribution in [-0.4, -0.2) is 50.8 Å². The van der Waals surface area contributed by atoms with Crippen LogP contribution >= 0.6 is 0 Å². The van der Waals surface area contributed by atoms with Crippen molar-refractivity contribution in [3.8, 4) is 0 Å². The number of likely N-dealkylation sites (tertiary alicyclic amines) is 1. The minimum Gasteiger partial charge on any atom is -0.380 e. The Kier molecular flexibility index (Phi) is 5.75. The Bertz CT molecular complexity index is 204. The van der Waals surface area contributed by atoms with Gasteiger partial charge in [0.05, 0.1) is 6.10 Å². The zero-order valence-corrected chi connectivity index (χ0v) is 11.3. The molecule has 2 unspecified atom stereocenters. The van der Waals surface area contributed by atoms with Crippen molar-refractivity contribution in [1.29, 1.82) is 0 Å². The third kappa shape index (κ3) is 4.57. The van der Waals surface area contributed by atoms with Crippen LogP contribution in [-0.2, 0) is 4.74 Å².